The number of nitrogens with zero attached hydrogens (tertiary/aromatic N) is 3. The molecule has 0 saturated heterocycles. The summed E-state index contributed by atoms with van der Waals surface area (Å²) in [6.07, 6.45) is 1.54. The molecular weight excluding hydrogens is 350 g/mol. The standard InChI is InChI=1S/C20H22ClN3O2/c1-3-23(4-2)13-14-11-16(6-8-20(14)25)22-18-9-10-24(26)19-12-15(21)5-7-17(18)19/h5-12,25-26H,3-4,13H2,1-2H3. The fourth-order valence-electron chi connectivity index (χ4n) is 2.92. The van der Waals surface area contributed by atoms with E-state index in [9.17, 15) is 10.3 Å². The third kappa shape index (κ3) is 3.84. The minimum atomic E-state index is 0.272. The van der Waals surface area contributed by atoms with Crippen LogP contribution in [0.5, 0.6) is 5.75 Å². The summed E-state index contributed by atoms with van der Waals surface area (Å²) >= 11 is 6.03. The van der Waals surface area contributed by atoms with Gasteiger partial charge in [-0.05, 0) is 55.6 Å². The van der Waals surface area contributed by atoms with Crippen LogP contribution in [0, 0.1) is 0 Å². The number of aromatic nitrogens is 1. The molecule has 2 aromatic carbocycles. The normalized spacial score (nSPS) is 12.2. The number of hydrogen-bond acceptors (Lipinski definition) is 4. The van der Waals surface area contributed by atoms with Gasteiger partial charge >= 0.3 is 0 Å². The summed E-state index contributed by atoms with van der Waals surface area (Å²) in [6, 6.07) is 12.4. The molecule has 136 valence electrons. The van der Waals surface area contributed by atoms with Gasteiger partial charge in [-0.3, -0.25) is 4.90 Å². The van der Waals surface area contributed by atoms with Crippen LogP contribution in [-0.4, -0.2) is 33.0 Å². The van der Waals surface area contributed by atoms with Gasteiger partial charge in [0.1, 0.15) is 5.75 Å². The summed E-state index contributed by atoms with van der Waals surface area (Å²) < 4.78 is 1.03. The second-order valence-corrected chi connectivity index (χ2v) is 6.53. The van der Waals surface area contributed by atoms with Crippen molar-refractivity contribution < 1.29 is 10.3 Å². The Balaban J connectivity index is 2.08. The number of hydrogen-bond donors (Lipinski definition) is 2. The summed E-state index contributed by atoms with van der Waals surface area (Å²) in [7, 11) is 0. The molecule has 6 heteroatoms. The van der Waals surface area contributed by atoms with E-state index in [1.807, 2.05) is 12.1 Å². The summed E-state index contributed by atoms with van der Waals surface area (Å²) in [5.74, 6) is 0.272. The Kier molecular flexibility index (Phi) is 5.49. The summed E-state index contributed by atoms with van der Waals surface area (Å²) in [5.41, 5.74) is 2.17. The van der Waals surface area contributed by atoms with Gasteiger partial charge in [0.05, 0.1) is 16.6 Å². The van der Waals surface area contributed by atoms with E-state index in [1.54, 1.807) is 30.3 Å². The predicted octanol–water partition coefficient (Wildman–Crippen LogP) is 4.31. The zero-order valence-electron chi connectivity index (χ0n) is 14.9. The van der Waals surface area contributed by atoms with E-state index in [2.05, 4.69) is 18.7 Å². The molecule has 3 rings (SSSR count). The van der Waals surface area contributed by atoms with Crippen molar-refractivity contribution >= 4 is 28.2 Å². The molecule has 0 aliphatic heterocycles. The van der Waals surface area contributed by atoms with Gasteiger partial charge in [0.2, 0.25) is 0 Å². The first kappa shape index (κ1) is 18.3. The second kappa shape index (κ2) is 7.81. The molecule has 0 aliphatic rings. The minimum Gasteiger partial charge on any atom is -0.508 e. The molecule has 2 N–H and O–H groups in total. The maximum Gasteiger partial charge on any atom is 0.120 e. The highest BCUT2D eigenvalue weighted by atomic mass is 35.5. The van der Waals surface area contributed by atoms with Gasteiger partial charge in [0.15, 0.2) is 0 Å². The number of fused-ring (bicyclic) bond motifs is 1. The summed E-state index contributed by atoms with van der Waals surface area (Å²) in [5, 5.41) is 22.2. The first-order valence-corrected chi connectivity index (χ1v) is 8.98. The Labute approximate surface area is 157 Å². The van der Waals surface area contributed by atoms with Crippen LogP contribution in [0.15, 0.2) is 53.7 Å². The maximum atomic E-state index is 10.2. The van der Waals surface area contributed by atoms with Crippen molar-refractivity contribution in [3.63, 3.8) is 0 Å². The predicted molar refractivity (Wildman–Crippen MR) is 104 cm³/mol. The second-order valence-electron chi connectivity index (χ2n) is 6.09. The fourth-order valence-corrected chi connectivity index (χ4v) is 3.08. The first-order valence-electron chi connectivity index (χ1n) is 8.61. The van der Waals surface area contributed by atoms with E-state index < -0.39 is 0 Å². The minimum absolute atomic E-state index is 0.272. The van der Waals surface area contributed by atoms with Crippen molar-refractivity contribution in [2.75, 3.05) is 13.1 Å². The molecule has 0 saturated carbocycles. The van der Waals surface area contributed by atoms with E-state index in [0.717, 1.165) is 39.8 Å². The molecular formula is C20H22ClN3O2. The topological polar surface area (TPSA) is 61.0 Å². The molecule has 0 aliphatic carbocycles. The lowest BCUT2D eigenvalue weighted by Gasteiger charge is -2.18. The quantitative estimate of drug-likeness (QED) is 0.657. The first-order chi connectivity index (χ1) is 12.5. The maximum absolute atomic E-state index is 10.2. The lowest BCUT2D eigenvalue weighted by Crippen LogP contribution is -2.22. The van der Waals surface area contributed by atoms with Crippen LogP contribution in [0.2, 0.25) is 5.02 Å². The van der Waals surface area contributed by atoms with Crippen LogP contribution in [0.3, 0.4) is 0 Å². The molecule has 3 aromatic rings. The average Bonchev–Trinajstić information content (AvgIpc) is 2.64. The number of rotatable bonds is 5. The Bertz CT molecular complexity index is 994. The van der Waals surface area contributed by atoms with Crippen molar-refractivity contribution in [2.24, 2.45) is 4.99 Å². The molecule has 0 bridgehead atoms. The number of benzene rings is 2. The van der Waals surface area contributed by atoms with E-state index in [4.69, 9.17) is 16.6 Å². The largest absolute Gasteiger partial charge is 0.508 e. The Morgan fingerprint density at radius 2 is 1.85 bits per heavy atom. The van der Waals surface area contributed by atoms with Gasteiger partial charge in [0.25, 0.3) is 0 Å². The van der Waals surface area contributed by atoms with Crippen molar-refractivity contribution in [2.45, 2.75) is 20.4 Å². The lowest BCUT2D eigenvalue weighted by molar-refractivity contribution is 0.198. The van der Waals surface area contributed by atoms with Gasteiger partial charge in [-0.15, -0.1) is 0 Å². The Morgan fingerprint density at radius 3 is 2.58 bits per heavy atom. The summed E-state index contributed by atoms with van der Waals surface area (Å²) in [4.78, 5) is 6.93. The van der Waals surface area contributed by atoms with Gasteiger partial charge in [-0.25, -0.2) is 4.99 Å². The molecule has 0 atom stereocenters. The Morgan fingerprint density at radius 1 is 1.08 bits per heavy atom. The monoisotopic (exact) mass is 371 g/mol. The number of phenols is 1. The highest BCUT2D eigenvalue weighted by molar-refractivity contribution is 6.31. The average molecular weight is 372 g/mol. The van der Waals surface area contributed by atoms with Crippen molar-refractivity contribution in [1.29, 1.82) is 0 Å². The molecule has 5 nitrogen and oxygen atoms in total. The number of halogens is 1. The van der Waals surface area contributed by atoms with Crippen LogP contribution < -0.4 is 5.36 Å². The Hall–Kier alpha value is -2.50. The van der Waals surface area contributed by atoms with Crippen molar-refractivity contribution in [3.8, 4) is 5.75 Å². The highest BCUT2D eigenvalue weighted by Gasteiger charge is 2.08. The zero-order valence-corrected chi connectivity index (χ0v) is 15.6. The summed E-state index contributed by atoms with van der Waals surface area (Å²) in [6.45, 7) is 6.69. The molecule has 0 fully saturated rings. The van der Waals surface area contributed by atoms with E-state index in [0.29, 0.717) is 17.1 Å². The third-order valence-electron chi connectivity index (χ3n) is 4.46. The van der Waals surface area contributed by atoms with Gasteiger partial charge in [-0.2, -0.15) is 4.73 Å². The van der Waals surface area contributed by atoms with Crippen LogP contribution in [0.4, 0.5) is 5.69 Å². The van der Waals surface area contributed by atoms with Gasteiger partial charge in [-0.1, -0.05) is 25.4 Å². The van der Waals surface area contributed by atoms with Crippen LogP contribution in [0.1, 0.15) is 19.4 Å². The lowest BCUT2D eigenvalue weighted by atomic mass is 10.1. The van der Waals surface area contributed by atoms with Crippen LogP contribution >= 0.6 is 11.6 Å². The third-order valence-corrected chi connectivity index (χ3v) is 4.69. The number of aromatic hydroxyl groups is 1. The van der Waals surface area contributed by atoms with E-state index in [1.165, 1.54) is 6.20 Å². The van der Waals surface area contributed by atoms with Crippen LogP contribution in [-0.2, 0) is 6.54 Å². The molecule has 26 heavy (non-hydrogen) atoms. The molecule has 0 unspecified atom stereocenters. The SMILES string of the molecule is CCN(CC)Cc1cc(N=c2ccn(O)c3cc(Cl)ccc23)ccc1O. The zero-order chi connectivity index (χ0) is 18.7. The molecule has 1 heterocycles. The fraction of sp³-hybridized carbons (Fsp3) is 0.250. The number of phenolic OH excluding ortho intramolecular Hbond substituents is 1. The number of pyridine rings is 1. The van der Waals surface area contributed by atoms with Crippen molar-refractivity contribution in [1.82, 2.24) is 9.63 Å². The smallest absolute Gasteiger partial charge is 0.120 e. The molecule has 0 radical (unpaired) electrons. The molecule has 0 amide bonds. The molecule has 1 aromatic heterocycles. The van der Waals surface area contributed by atoms with Gasteiger partial charge < -0.3 is 10.3 Å². The van der Waals surface area contributed by atoms with E-state index >= 15 is 0 Å². The van der Waals surface area contributed by atoms with Crippen LogP contribution in [0.25, 0.3) is 10.9 Å². The van der Waals surface area contributed by atoms with Gasteiger partial charge in [0, 0.05) is 28.7 Å². The van der Waals surface area contributed by atoms with E-state index in [-0.39, 0.29) is 5.75 Å². The highest BCUT2D eigenvalue weighted by Crippen LogP contribution is 2.25. The van der Waals surface area contributed by atoms with Crippen molar-refractivity contribution in [3.05, 3.63) is 64.6 Å². The molecule has 0 spiro atoms.